The van der Waals surface area contributed by atoms with Crippen LogP contribution in [0, 0.1) is 6.92 Å². The van der Waals surface area contributed by atoms with Crippen LogP contribution in [0.15, 0.2) is 24.3 Å². The largest absolute Gasteiger partial charge is 0.379 e. The third kappa shape index (κ3) is 5.78. The summed E-state index contributed by atoms with van der Waals surface area (Å²) in [6.45, 7) is 5.51. The Balaban J connectivity index is 1.58. The molecule has 27 heavy (non-hydrogen) atoms. The first-order chi connectivity index (χ1) is 13.1. The first kappa shape index (κ1) is 19.8. The standard InChI is InChI=1S/C21H31N3O3/c1-16-7-9-17(10-8-16)19(24-11-13-27-14-12-24)15-22-20(25)21(26)23-18-5-3-2-4-6-18/h7-10,18-19H,2-6,11-15H2,1H3,(H,22,25)(H,23,26). The number of carbonyl (C=O) groups excluding carboxylic acids is 2. The van der Waals surface area contributed by atoms with Crippen molar-refractivity contribution in [1.29, 1.82) is 0 Å². The lowest BCUT2D eigenvalue weighted by atomic mass is 9.95. The smallest absolute Gasteiger partial charge is 0.309 e. The van der Waals surface area contributed by atoms with Gasteiger partial charge in [0, 0.05) is 25.7 Å². The first-order valence-electron chi connectivity index (χ1n) is 10.1. The molecule has 2 amide bonds. The van der Waals surface area contributed by atoms with Crippen molar-refractivity contribution in [2.75, 3.05) is 32.8 Å². The molecular weight excluding hydrogens is 342 g/mol. The average molecular weight is 373 g/mol. The van der Waals surface area contributed by atoms with E-state index < -0.39 is 11.8 Å². The van der Waals surface area contributed by atoms with Crippen molar-refractivity contribution in [2.24, 2.45) is 0 Å². The van der Waals surface area contributed by atoms with Crippen LogP contribution < -0.4 is 10.6 Å². The van der Waals surface area contributed by atoms with Crippen molar-refractivity contribution in [3.05, 3.63) is 35.4 Å². The van der Waals surface area contributed by atoms with Crippen molar-refractivity contribution in [3.8, 4) is 0 Å². The number of rotatable bonds is 5. The molecular formula is C21H31N3O3. The number of nitrogens with one attached hydrogen (secondary N) is 2. The molecule has 1 heterocycles. The predicted octanol–water partition coefficient (Wildman–Crippen LogP) is 1.93. The van der Waals surface area contributed by atoms with Crippen LogP contribution in [-0.4, -0.2) is 55.6 Å². The van der Waals surface area contributed by atoms with E-state index in [2.05, 4.69) is 46.7 Å². The molecule has 1 aliphatic heterocycles. The van der Waals surface area contributed by atoms with Crippen molar-refractivity contribution < 1.29 is 14.3 Å². The van der Waals surface area contributed by atoms with Crippen LogP contribution in [0.5, 0.6) is 0 Å². The second kappa shape index (κ2) is 9.85. The maximum atomic E-state index is 12.3. The van der Waals surface area contributed by atoms with Gasteiger partial charge in [0.15, 0.2) is 0 Å². The molecule has 1 aromatic rings. The summed E-state index contributed by atoms with van der Waals surface area (Å²) in [6, 6.07) is 8.55. The number of carbonyl (C=O) groups is 2. The molecule has 0 radical (unpaired) electrons. The Kier molecular flexibility index (Phi) is 7.24. The summed E-state index contributed by atoms with van der Waals surface area (Å²) in [5.74, 6) is -1.04. The second-order valence-corrected chi connectivity index (χ2v) is 7.59. The van der Waals surface area contributed by atoms with E-state index in [9.17, 15) is 9.59 Å². The summed E-state index contributed by atoms with van der Waals surface area (Å²) in [4.78, 5) is 26.9. The zero-order valence-electron chi connectivity index (χ0n) is 16.2. The maximum Gasteiger partial charge on any atom is 0.309 e. The first-order valence-corrected chi connectivity index (χ1v) is 10.1. The van der Waals surface area contributed by atoms with Gasteiger partial charge < -0.3 is 15.4 Å². The minimum absolute atomic E-state index is 0.0425. The lowest BCUT2D eigenvalue weighted by molar-refractivity contribution is -0.140. The van der Waals surface area contributed by atoms with Gasteiger partial charge in [0.2, 0.25) is 0 Å². The molecule has 2 aliphatic rings. The van der Waals surface area contributed by atoms with E-state index >= 15 is 0 Å². The quantitative estimate of drug-likeness (QED) is 0.774. The zero-order chi connectivity index (χ0) is 19.1. The molecule has 0 spiro atoms. The normalized spacial score (nSPS) is 20.0. The van der Waals surface area contributed by atoms with Gasteiger partial charge in [-0.2, -0.15) is 0 Å². The van der Waals surface area contributed by atoms with Crippen LogP contribution >= 0.6 is 0 Å². The Hall–Kier alpha value is -1.92. The van der Waals surface area contributed by atoms with E-state index in [1.165, 1.54) is 12.0 Å². The number of amides is 2. The fraction of sp³-hybridized carbons (Fsp3) is 0.619. The van der Waals surface area contributed by atoms with Gasteiger partial charge in [0.05, 0.1) is 19.3 Å². The predicted molar refractivity (Wildman–Crippen MR) is 104 cm³/mol. The monoisotopic (exact) mass is 373 g/mol. The Labute approximate surface area is 161 Å². The summed E-state index contributed by atoms with van der Waals surface area (Å²) < 4.78 is 5.46. The summed E-state index contributed by atoms with van der Waals surface area (Å²) in [7, 11) is 0. The molecule has 1 aliphatic carbocycles. The number of morpholine rings is 1. The molecule has 6 nitrogen and oxygen atoms in total. The van der Waals surface area contributed by atoms with E-state index in [0.717, 1.165) is 44.3 Å². The van der Waals surface area contributed by atoms with Gasteiger partial charge in [-0.1, -0.05) is 49.1 Å². The SMILES string of the molecule is Cc1ccc(C(CNC(=O)C(=O)NC2CCCCC2)N2CCOCC2)cc1. The summed E-state index contributed by atoms with van der Waals surface area (Å²) >= 11 is 0. The molecule has 1 atom stereocenters. The highest BCUT2D eigenvalue weighted by Gasteiger charge is 2.25. The third-order valence-corrected chi connectivity index (χ3v) is 5.55. The fourth-order valence-corrected chi connectivity index (χ4v) is 3.90. The number of hydrogen-bond donors (Lipinski definition) is 2. The van der Waals surface area contributed by atoms with Gasteiger partial charge in [-0.3, -0.25) is 14.5 Å². The number of nitrogens with zero attached hydrogens (tertiary/aromatic N) is 1. The molecule has 2 N–H and O–H groups in total. The maximum absolute atomic E-state index is 12.3. The van der Waals surface area contributed by atoms with Gasteiger partial charge >= 0.3 is 11.8 Å². The minimum Gasteiger partial charge on any atom is -0.379 e. The van der Waals surface area contributed by atoms with Crippen LogP contribution in [0.1, 0.15) is 49.3 Å². The highest BCUT2D eigenvalue weighted by atomic mass is 16.5. The number of aryl methyl sites for hydroxylation is 1. The molecule has 0 bridgehead atoms. The van der Waals surface area contributed by atoms with Crippen molar-refractivity contribution >= 4 is 11.8 Å². The minimum atomic E-state index is -0.536. The third-order valence-electron chi connectivity index (χ3n) is 5.55. The van der Waals surface area contributed by atoms with Gasteiger partial charge in [-0.15, -0.1) is 0 Å². The van der Waals surface area contributed by atoms with E-state index in [0.29, 0.717) is 19.8 Å². The Bertz CT molecular complexity index is 620. The van der Waals surface area contributed by atoms with Gasteiger partial charge in [-0.05, 0) is 25.3 Å². The van der Waals surface area contributed by atoms with Gasteiger partial charge in [0.1, 0.15) is 0 Å². The highest BCUT2D eigenvalue weighted by Crippen LogP contribution is 2.22. The topological polar surface area (TPSA) is 70.7 Å². The van der Waals surface area contributed by atoms with Crippen molar-refractivity contribution in [1.82, 2.24) is 15.5 Å². The second-order valence-electron chi connectivity index (χ2n) is 7.59. The Morgan fingerprint density at radius 1 is 1.07 bits per heavy atom. The molecule has 2 fully saturated rings. The van der Waals surface area contributed by atoms with E-state index in [1.807, 2.05) is 0 Å². The summed E-state index contributed by atoms with van der Waals surface area (Å²) in [5.41, 5.74) is 2.35. The Morgan fingerprint density at radius 3 is 2.41 bits per heavy atom. The van der Waals surface area contributed by atoms with Gasteiger partial charge in [-0.25, -0.2) is 0 Å². The highest BCUT2D eigenvalue weighted by molar-refractivity contribution is 6.35. The van der Waals surface area contributed by atoms with Crippen LogP contribution in [0.4, 0.5) is 0 Å². The molecule has 6 heteroatoms. The van der Waals surface area contributed by atoms with Gasteiger partial charge in [0.25, 0.3) is 0 Å². The lowest BCUT2D eigenvalue weighted by Crippen LogP contribution is -2.48. The van der Waals surface area contributed by atoms with Crippen LogP contribution in [0.2, 0.25) is 0 Å². The molecule has 148 valence electrons. The summed E-state index contributed by atoms with van der Waals surface area (Å²) in [5, 5.41) is 5.73. The number of hydrogen-bond acceptors (Lipinski definition) is 4. The van der Waals surface area contributed by atoms with Crippen LogP contribution in [0.3, 0.4) is 0 Å². The number of benzene rings is 1. The summed E-state index contributed by atoms with van der Waals surface area (Å²) in [6.07, 6.45) is 5.41. The lowest BCUT2D eigenvalue weighted by Gasteiger charge is -2.35. The zero-order valence-corrected chi connectivity index (χ0v) is 16.2. The molecule has 1 saturated heterocycles. The molecule has 1 saturated carbocycles. The Morgan fingerprint density at radius 2 is 1.74 bits per heavy atom. The van der Waals surface area contributed by atoms with Crippen LogP contribution in [0.25, 0.3) is 0 Å². The average Bonchev–Trinajstić information content (AvgIpc) is 2.71. The molecule has 1 unspecified atom stereocenters. The van der Waals surface area contributed by atoms with Crippen molar-refractivity contribution in [2.45, 2.75) is 51.1 Å². The van der Waals surface area contributed by atoms with Crippen LogP contribution in [-0.2, 0) is 14.3 Å². The van der Waals surface area contributed by atoms with E-state index in [1.54, 1.807) is 0 Å². The fourth-order valence-electron chi connectivity index (χ4n) is 3.90. The molecule has 1 aromatic carbocycles. The van der Waals surface area contributed by atoms with E-state index in [4.69, 9.17) is 4.74 Å². The van der Waals surface area contributed by atoms with E-state index in [-0.39, 0.29) is 12.1 Å². The van der Waals surface area contributed by atoms with Crippen molar-refractivity contribution in [3.63, 3.8) is 0 Å². The number of ether oxygens (including phenoxy) is 1. The molecule has 0 aromatic heterocycles. The molecule has 3 rings (SSSR count).